The normalized spacial score (nSPS) is 22.3. The molecule has 0 amide bonds. The molecular weight excluding hydrogens is 258 g/mol. The molecule has 1 aromatic rings. The SMILES string of the molecule is Cc1[nH]nc(S(=O)(=O)N2CCOC(C)C2)c1CO. The highest BCUT2D eigenvalue weighted by molar-refractivity contribution is 7.89. The zero-order valence-corrected chi connectivity index (χ0v) is 11.2. The molecule has 0 aliphatic carbocycles. The smallest absolute Gasteiger partial charge is 0.262 e. The number of nitrogens with zero attached hydrogens (tertiary/aromatic N) is 2. The van der Waals surface area contributed by atoms with Crippen LogP contribution in [-0.2, 0) is 21.4 Å². The molecule has 1 fully saturated rings. The van der Waals surface area contributed by atoms with Crippen LogP contribution >= 0.6 is 0 Å². The van der Waals surface area contributed by atoms with Crippen molar-refractivity contribution in [1.82, 2.24) is 14.5 Å². The van der Waals surface area contributed by atoms with Gasteiger partial charge in [-0.15, -0.1) is 0 Å². The van der Waals surface area contributed by atoms with Crippen LogP contribution in [0.15, 0.2) is 5.03 Å². The minimum absolute atomic E-state index is 0.0865. The third kappa shape index (κ3) is 2.28. The number of aromatic amines is 1. The number of aryl methyl sites for hydroxylation is 1. The highest BCUT2D eigenvalue weighted by Crippen LogP contribution is 2.22. The lowest BCUT2D eigenvalue weighted by atomic mass is 10.3. The number of nitrogens with one attached hydrogen (secondary N) is 1. The fourth-order valence-electron chi connectivity index (χ4n) is 1.96. The maximum absolute atomic E-state index is 12.4. The summed E-state index contributed by atoms with van der Waals surface area (Å²) < 4.78 is 31.5. The Morgan fingerprint density at radius 1 is 1.61 bits per heavy atom. The number of aliphatic hydroxyl groups is 1. The van der Waals surface area contributed by atoms with E-state index in [1.807, 2.05) is 6.92 Å². The number of ether oxygens (including phenoxy) is 1. The maximum atomic E-state index is 12.4. The van der Waals surface area contributed by atoms with Gasteiger partial charge in [0.2, 0.25) is 0 Å². The number of H-pyrrole nitrogens is 1. The minimum atomic E-state index is -3.67. The first kappa shape index (κ1) is 13.5. The monoisotopic (exact) mass is 275 g/mol. The summed E-state index contributed by atoms with van der Waals surface area (Å²) in [6, 6.07) is 0. The van der Waals surface area contributed by atoms with Crippen LogP contribution in [0, 0.1) is 6.92 Å². The number of aliphatic hydroxyl groups excluding tert-OH is 1. The summed E-state index contributed by atoms with van der Waals surface area (Å²) in [5, 5.41) is 15.5. The van der Waals surface area contributed by atoms with E-state index in [4.69, 9.17) is 4.74 Å². The van der Waals surface area contributed by atoms with Gasteiger partial charge in [0, 0.05) is 24.3 Å². The summed E-state index contributed by atoms with van der Waals surface area (Å²) in [5.41, 5.74) is 0.895. The van der Waals surface area contributed by atoms with Crippen molar-refractivity contribution in [3.8, 4) is 0 Å². The summed E-state index contributed by atoms with van der Waals surface area (Å²) in [4.78, 5) is 0. The van der Waals surface area contributed by atoms with Gasteiger partial charge in [-0.25, -0.2) is 8.42 Å². The van der Waals surface area contributed by atoms with E-state index in [-0.39, 0.29) is 17.7 Å². The Labute approximate surface area is 106 Å². The van der Waals surface area contributed by atoms with Gasteiger partial charge >= 0.3 is 0 Å². The number of aromatic nitrogens is 2. The van der Waals surface area contributed by atoms with E-state index < -0.39 is 10.0 Å². The molecule has 1 atom stereocenters. The molecule has 8 heteroatoms. The Hall–Kier alpha value is -0.960. The second kappa shape index (κ2) is 4.96. The molecule has 0 spiro atoms. The van der Waals surface area contributed by atoms with Crippen LogP contribution in [0.5, 0.6) is 0 Å². The average Bonchev–Trinajstić information content (AvgIpc) is 2.71. The van der Waals surface area contributed by atoms with E-state index in [1.165, 1.54) is 4.31 Å². The highest BCUT2D eigenvalue weighted by Gasteiger charge is 2.33. The molecule has 1 aliphatic rings. The number of morpholine rings is 1. The molecule has 1 aromatic heterocycles. The molecule has 102 valence electrons. The van der Waals surface area contributed by atoms with Gasteiger partial charge in [-0.3, -0.25) is 5.10 Å². The van der Waals surface area contributed by atoms with Gasteiger partial charge in [0.05, 0.1) is 19.3 Å². The molecule has 1 saturated heterocycles. The van der Waals surface area contributed by atoms with E-state index in [1.54, 1.807) is 6.92 Å². The Balaban J connectivity index is 2.35. The third-order valence-corrected chi connectivity index (χ3v) is 4.82. The lowest BCUT2D eigenvalue weighted by molar-refractivity contribution is 0.0101. The summed E-state index contributed by atoms with van der Waals surface area (Å²) in [5.74, 6) is 0. The van der Waals surface area contributed by atoms with Crippen LogP contribution in [0.3, 0.4) is 0 Å². The second-order valence-electron chi connectivity index (χ2n) is 4.33. The fourth-order valence-corrected chi connectivity index (χ4v) is 3.61. The molecule has 1 unspecified atom stereocenters. The van der Waals surface area contributed by atoms with E-state index in [0.29, 0.717) is 31.0 Å². The predicted molar refractivity (Wildman–Crippen MR) is 63.4 cm³/mol. The maximum Gasteiger partial charge on any atom is 0.262 e. The minimum Gasteiger partial charge on any atom is -0.392 e. The van der Waals surface area contributed by atoms with E-state index in [0.717, 1.165) is 0 Å². The van der Waals surface area contributed by atoms with Crippen molar-refractivity contribution in [2.24, 2.45) is 0 Å². The molecule has 2 rings (SSSR count). The van der Waals surface area contributed by atoms with Gasteiger partial charge in [0.25, 0.3) is 10.0 Å². The quantitative estimate of drug-likeness (QED) is 0.784. The van der Waals surface area contributed by atoms with Crippen LogP contribution in [0.25, 0.3) is 0 Å². The van der Waals surface area contributed by atoms with Crippen LogP contribution in [0.1, 0.15) is 18.2 Å². The zero-order valence-electron chi connectivity index (χ0n) is 10.4. The van der Waals surface area contributed by atoms with Crippen molar-refractivity contribution >= 4 is 10.0 Å². The molecule has 7 nitrogen and oxygen atoms in total. The Bertz CT molecular complexity index is 525. The molecule has 1 aliphatic heterocycles. The van der Waals surface area contributed by atoms with Gasteiger partial charge in [0.15, 0.2) is 5.03 Å². The molecule has 0 aromatic carbocycles. The molecule has 2 heterocycles. The topological polar surface area (TPSA) is 95.5 Å². The van der Waals surface area contributed by atoms with E-state index in [9.17, 15) is 13.5 Å². The molecule has 2 N–H and O–H groups in total. The van der Waals surface area contributed by atoms with Gasteiger partial charge in [-0.2, -0.15) is 9.40 Å². The van der Waals surface area contributed by atoms with Crippen molar-refractivity contribution in [3.05, 3.63) is 11.3 Å². The van der Waals surface area contributed by atoms with Crippen LogP contribution in [0.4, 0.5) is 0 Å². The fraction of sp³-hybridized carbons (Fsp3) is 0.700. The van der Waals surface area contributed by atoms with E-state index in [2.05, 4.69) is 10.2 Å². The summed E-state index contributed by atoms with van der Waals surface area (Å²) in [7, 11) is -3.67. The first-order chi connectivity index (χ1) is 8.46. The number of sulfonamides is 1. The molecule has 0 bridgehead atoms. The number of hydrogen-bond donors (Lipinski definition) is 2. The van der Waals surface area contributed by atoms with Crippen LogP contribution in [-0.4, -0.2) is 53.8 Å². The lowest BCUT2D eigenvalue weighted by Crippen LogP contribution is -2.44. The third-order valence-electron chi connectivity index (χ3n) is 2.98. The summed E-state index contributed by atoms with van der Waals surface area (Å²) in [6.45, 7) is 4.14. The number of hydrogen-bond acceptors (Lipinski definition) is 5. The van der Waals surface area contributed by atoms with Gasteiger partial charge in [0.1, 0.15) is 0 Å². The average molecular weight is 275 g/mol. The summed E-state index contributed by atoms with van der Waals surface area (Å²) >= 11 is 0. The van der Waals surface area contributed by atoms with Gasteiger partial charge in [-0.05, 0) is 13.8 Å². The van der Waals surface area contributed by atoms with Gasteiger partial charge < -0.3 is 9.84 Å². The lowest BCUT2D eigenvalue weighted by Gasteiger charge is -2.29. The van der Waals surface area contributed by atoms with Crippen molar-refractivity contribution < 1.29 is 18.3 Å². The second-order valence-corrected chi connectivity index (χ2v) is 6.19. The van der Waals surface area contributed by atoms with Crippen LogP contribution < -0.4 is 0 Å². The van der Waals surface area contributed by atoms with Crippen molar-refractivity contribution in [2.75, 3.05) is 19.7 Å². The molecule has 18 heavy (non-hydrogen) atoms. The van der Waals surface area contributed by atoms with Crippen molar-refractivity contribution in [1.29, 1.82) is 0 Å². The molecule has 0 radical (unpaired) electrons. The van der Waals surface area contributed by atoms with Crippen molar-refractivity contribution in [3.63, 3.8) is 0 Å². The van der Waals surface area contributed by atoms with Crippen LogP contribution in [0.2, 0.25) is 0 Å². The Kier molecular flexibility index (Phi) is 3.71. The summed E-state index contributed by atoms with van der Waals surface area (Å²) in [6.07, 6.45) is -0.133. The Morgan fingerprint density at radius 3 is 2.94 bits per heavy atom. The van der Waals surface area contributed by atoms with Crippen molar-refractivity contribution in [2.45, 2.75) is 31.6 Å². The first-order valence-corrected chi connectivity index (χ1v) is 7.17. The zero-order chi connectivity index (χ0) is 13.3. The largest absolute Gasteiger partial charge is 0.392 e. The number of rotatable bonds is 3. The van der Waals surface area contributed by atoms with Gasteiger partial charge in [-0.1, -0.05) is 0 Å². The highest BCUT2D eigenvalue weighted by atomic mass is 32.2. The first-order valence-electron chi connectivity index (χ1n) is 5.73. The molecular formula is C10H17N3O4S. The molecule has 0 saturated carbocycles. The predicted octanol–water partition coefficient (Wildman–Crippen LogP) is -0.380. The standard InChI is InChI=1S/C10H17N3O4S/c1-7-5-13(3-4-17-7)18(15,16)10-9(6-14)8(2)11-12-10/h7,14H,3-6H2,1-2H3,(H,11,12). The van der Waals surface area contributed by atoms with E-state index >= 15 is 0 Å². The Morgan fingerprint density at radius 2 is 2.33 bits per heavy atom.